The highest BCUT2D eigenvalue weighted by molar-refractivity contribution is 8.14. The van der Waals surface area contributed by atoms with E-state index in [-0.39, 0.29) is 5.24 Å². The molecule has 2 heterocycles. The average Bonchev–Trinajstić information content (AvgIpc) is 2.43. The molecule has 2 aliphatic heterocycles. The van der Waals surface area contributed by atoms with E-state index >= 15 is 0 Å². The van der Waals surface area contributed by atoms with Crippen molar-refractivity contribution >= 4 is 28.8 Å². The van der Waals surface area contributed by atoms with Crippen LogP contribution in [-0.2, 0) is 0 Å². The molecule has 1 amide bonds. The highest BCUT2D eigenvalue weighted by Gasteiger charge is 2.34. The van der Waals surface area contributed by atoms with Gasteiger partial charge < -0.3 is 0 Å². The number of hydrogen-bond donors (Lipinski definition) is 0. The molecule has 0 bridgehead atoms. The highest BCUT2D eigenvalue weighted by Crippen LogP contribution is 2.49. The Balaban J connectivity index is 1.97. The molecule has 0 N–H and O–H groups in total. The lowest BCUT2D eigenvalue weighted by atomic mass is 10.2. The van der Waals surface area contributed by atoms with Crippen molar-refractivity contribution in [2.75, 3.05) is 5.75 Å². The lowest BCUT2D eigenvalue weighted by Crippen LogP contribution is -2.25. The second-order valence-electron chi connectivity index (χ2n) is 3.99. The maximum absolute atomic E-state index is 11.8. The molecule has 0 unspecified atom stereocenters. The smallest absolute Gasteiger partial charge is 0.269 e. The number of hydrogen-bond acceptors (Lipinski definition) is 3. The third kappa shape index (κ3) is 1.64. The lowest BCUT2D eigenvalue weighted by molar-refractivity contribution is 0.244. The predicted molar refractivity (Wildman–Crippen MR) is 65.5 cm³/mol. The molecule has 3 rings (SSSR count). The lowest BCUT2D eigenvalue weighted by Gasteiger charge is -2.23. The number of fused-ring (bicyclic) bond motifs is 2. The summed E-state index contributed by atoms with van der Waals surface area (Å²) in [4.78, 5) is 15.3. The van der Waals surface area contributed by atoms with Crippen molar-refractivity contribution < 1.29 is 4.79 Å². The molecule has 4 heteroatoms. The van der Waals surface area contributed by atoms with Gasteiger partial charge in [0.05, 0.1) is 5.03 Å². The average molecular weight is 239 g/mol. The van der Waals surface area contributed by atoms with Crippen LogP contribution in [0.4, 0.5) is 4.79 Å². The maximum atomic E-state index is 11.8. The summed E-state index contributed by atoms with van der Waals surface area (Å²) in [6, 6.07) is 0. The van der Waals surface area contributed by atoms with E-state index in [1.54, 1.807) is 0 Å². The first-order chi connectivity index (χ1) is 7.36. The van der Waals surface area contributed by atoms with Crippen LogP contribution in [0.2, 0.25) is 0 Å². The van der Waals surface area contributed by atoms with Crippen LogP contribution in [0.3, 0.4) is 0 Å². The zero-order chi connectivity index (χ0) is 10.3. The van der Waals surface area contributed by atoms with Gasteiger partial charge in [-0.05, 0) is 31.8 Å². The summed E-state index contributed by atoms with van der Waals surface area (Å²) in [5.74, 6) is 0.845. The molecule has 0 fully saturated rings. The van der Waals surface area contributed by atoms with Gasteiger partial charge in [0.2, 0.25) is 0 Å². The molecule has 0 atom stereocenters. The van der Waals surface area contributed by atoms with Crippen molar-refractivity contribution in [3.63, 3.8) is 0 Å². The predicted octanol–water partition coefficient (Wildman–Crippen LogP) is 3.92. The van der Waals surface area contributed by atoms with Gasteiger partial charge in [-0.2, -0.15) is 0 Å². The number of carbonyl (C=O) groups is 1. The first-order valence-electron chi connectivity index (χ1n) is 5.43. The number of thioether (sulfide) groups is 2. The monoisotopic (exact) mass is 239 g/mol. The van der Waals surface area contributed by atoms with E-state index in [1.807, 2.05) is 16.7 Å². The Morgan fingerprint density at radius 1 is 1.20 bits per heavy atom. The molecule has 0 saturated heterocycles. The molecule has 1 aliphatic carbocycles. The Morgan fingerprint density at radius 3 is 3.00 bits per heavy atom. The van der Waals surface area contributed by atoms with E-state index in [2.05, 4.69) is 6.08 Å². The van der Waals surface area contributed by atoms with Gasteiger partial charge in [0, 0.05) is 16.4 Å². The zero-order valence-corrected chi connectivity index (χ0v) is 10.1. The van der Waals surface area contributed by atoms with Crippen molar-refractivity contribution in [1.29, 1.82) is 0 Å². The summed E-state index contributed by atoms with van der Waals surface area (Å²) in [7, 11) is 0. The summed E-state index contributed by atoms with van der Waals surface area (Å²) >= 11 is 3.25. The standard InChI is InChI=1S/C11H13NOS2/c13-11-12-8-4-2-1-3-5-9(8)15-10(12)6-7-14-11/h6H,1-5,7H2. The number of rotatable bonds is 0. The van der Waals surface area contributed by atoms with Gasteiger partial charge in [-0.15, -0.1) is 0 Å². The van der Waals surface area contributed by atoms with Gasteiger partial charge in [-0.25, -0.2) is 0 Å². The summed E-state index contributed by atoms with van der Waals surface area (Å²) < 4.78 is 0. The fraction of sp³-hybridized carbons (Fsp3) is 0.545. The fourth-order valence-corrected chi connectivity index (χ4v) is 4.42. The number of carbonyl (C=O) groups excluding carboxylic acids is 1. The maximum Gasteiger partial charge on any atom is 0.291 e. The van der Waals surface area contributed by atoms with Crippen molar-refractivity contribution in [3.8, 4) is 0 Å². The van der Waals surface area contributed by atoms with Crippen molar-refractivity contribution in [3.05, 3.63) is 21.7 Å². The second-order valence-corrected chi connectivity index (χ2v) is 6.07. The van der Waals surface area contributed by atoms with Crippen LogP contribution >= 0.6 is 23.5 Å². The largest absolute Gasteiger partial charge is 0.291 e. The third-order valence-corrected chi connectivity index (χ3v) is 5.01. The van der Waals surface area contributed by atoms with Gasteiger partial charge in [-0.1, -0.05) is 29.9 Å². The molecule has 2 nitrogen and oxygen atoms in total. The number of allylic oxidation sites excluding steroid dienone is 2. The quantitative estimate of drug-likeness (QED) is 0.639. The van der Waals surface area contributed by atoms with E-state index in [9.17, 15) is 4.79 Å². The molecular formula is C11H13NOS2. The molecule has 0 spiro atoms. The minimum absolute atomic E-state index is 0.229. The highest BCUT2D eigenvalue weighted by atomic mass is 32.2. The topological polar surface area (TPSA) is 20.3 Å². The molecule has 80 valence electrons. The Kier molecular flexibility index (Phi) is 2.56. The van der Waals surface area contributed by atoms with E-state index in [0.29, 0.717) is 0 Å². The van der Waals surface area contributed by atoms with Crippen molar-refractivity contribution in [1.82, 2.24) is 4.90 Å². The summed E-state index contributed by atoms with van der Waals surface area (Å²) in [6.45, 7) is 0. The minimum Gasteiger partial charge on any atom is -0.269 e. The Morgan fingerprint density at radius 2 is 2.07 bits per heavy atom. The normalized spacial score (nSPS) is 26.0. The molecular weight excluding hydrogens is 226 g/mol. The van der Waals surface area contributed by atoms with Crippen LogP contribution in [0.1, 0.15) is 32.1 Å². The van der Waals surface area contributed by atoms with Crippen LogP contribution < -0.4 is 0 Å². The summed E-state index contributed by atoms with van der Waals surface area (Å²) in [5.41, 5.74) is 1.31. The second kappa shape index (κ2) is 3.91. The minimum atomic E-state index is 0.229. The van der Waals surface area contributed by atoms with Gasteiger partial charge >= 0.3 is 0 Å². The van der Waals surface area contributed by atoms with Crippen LogP contribution in [-0.4, -0.2) is 15.9 Å². The Bertz CT molecular complexity index is 373. The van der Waals surface area contributed by atoms with E-state index in [0.717, 1.165) is 12.2 Å². The molecule has 0 aromatic heterocycles. The van der Waals surface area contributed by atoms with Gasteiger partial charge in [0.1, 0.15) is 0 Å². The van der Waals surface area contributed by atoms with Crippen LogP contribution in [0.5, 0.6) is 0 Å². The zero-order valence-electron chi connectivity index (χ0n) is 8.49. The van der Waals surface area contributed by atoms with Gasteiger partial charge in [0.25, 0.3) is 5.24 Å². The molecule has 0 radical (unpaired) electrons. The summed E-state index contributed by atoms with van der Waals surface area (Å²) in [5, 5.41) is 1.40. The van der Waals surface area contributed by atoms with E-state index in [4.69, 9.17) is 0 Å². The molecule has 3 aliphatic rings. The molecule has 0 aromatic rings. The van der Waals surface area contributed by atoms with Crippen molar-refractivity contribution in [2.45, 2.75) is 32.1 Å². The molecule has 15 heavy (non-hydrogen) atoms. The van der Waals surface area contributed by atoms with Gasteiger partial charge in [0.15, 0.2) is 0 Å². The molecule has 0 aromatic carbocycles. The van der Waals surface area contributed by atoms with Crippen LogP contribution in [0.15, 0.2) is 21.7 Å². The van der Waals surface area contributed by atoms with E-state index in [1.165, 1.54) is 53.1 Å². The fourth-order valence-electron chi connectivity index (χ4n) is 2.27. The first kappa shape index (κ1) is 9.85. The number of amides is 1. The van der Waals surface area contributed by atoms with Gasteiger partial charge in [-0.3, -0.25) is 9.69 Å². The van der Waals surface area contributed by atoms with Crippen molar-refractivity contribution in [2.24, 2.45) is 0 Å². The van der Waals surface area contributed by atoms with E-state index < -0.39 is 0 Å². The SMILES string of the molecule is O=C1SCC=C2SC3=C(CCCCC3)N12. The molecule has 0 saturated carbocycles. The third-order valence-electron chi connectivity index (χ3n) is 3.00. The Labute approximate surface area is 98.2 Å². The number of nitrogens with zero attached hydrogens (tertiary/aromatic N) is 1. The summed E-state index contributed by atoms with van der Waals surface area (Å²) in [6.07, 6.45) is 8.28. The van der Waals surface area contributed by atoms with Crippen LogP contribution in [0.25, 0.3) is 0 Å². The Hall–Kier alpha value is -0.350. The van der Waals surface area contributed by atoms with Crippen LogP contribution in [0, 0.1) is 0 Å². The first-order valence-corrected chi connectivity index (χ1v) is 7.23.